The van der Waals surface area contributed by atoms with E-state index in [-0.39, 0.29) is 30.8 Å². The molecular formula is C11H22ClN3O2. The van der Waals surface area contributed by atoms with Gasteiger partial charge in [0.15, 0.2) is 0 Å². The SMILES string of the molecule is CCC(CC)(CN)C(=O)N1CCNC(=O)C1.Cl. The highest BCUT2D eigenvalue weighted by molar-refractivity contribution is 5.89. The molecule has 0 aromatic rings. The molecule has 0 spiro atoms. The molecule has 17 heavy (non-hydrogen) atoms. The van der Waals surface area contributed by atoms with Gasteiger partial charge in [0.1, 0.15) is 0 Å². The number of amides is 2. The lowest BCUT2D eigenvalue weighted by molar-refractivity contribution is -0.146. The summed E-state index contributed by atoms with van der Waals surface area (Å²) < 4.78 is 0. The zero-order chi connectivity index (χ0) is 12.2. The van der Waals surface area contributed by atoms with Gasteiger partial charge in [-0.05, 0) is 12.8 Å². The Morgan fingerprint density at radius 3 is 2.47 bits per heavy atom. The van der Waals surface area contributed by atoms with E-state index in [0.717, 1.165) is 12.8 Å². The van der Waals surface area contributed by atoms with Crippen molar-refractivity contribution in [2.24, 2.45) is 11.1 Å². The summed E-state index contributed by atoms with van der Waals surface area (Å²) in [5.41, 5.74) is 5.23. The maximum absolute atomic E-state index is 12.3. The summed E-state index contributed by atoms with van der Waals surface area (Å²) in [5.74, 6) is -0.0624. The fraction of sp³-hybridized carbons (Fsp3) is 0.818. The molecule has 0 unspecified atom stereocenters. The van der Waals surface area contributed by atoms with Crippen LogP contribution in [0.15, 0.2) is 0 Å². The molecule has 6 heteroatoms. The second-order valence-corrected chi connectivity index (χ2v) is 4.27. The van der Waals surface area contributed by atoms with Gasteiger partial charge in [-0.25, -0.2) is 0 Å². The Balaban J connectivity index is 0.00000256. The molecule has 1 aliphatic rings. The largest absolute Gasteiger partial charge is 0.353 e. The fourth-order valence-corrected chi connectivity index (χ4v) is 2.08. The molecule has 0 aromatic heterocycles. The number of halogens is 1. The number of nitrogens with two attached hydrogens (primary N) is 1. The summed E-state index contributed by atoms with van der Waals surface area (Å²) in [6, 6.07) is 0. The van der Waals surface area contributed by atoms with Gasteiger partial charge < -0.3 is 16.0 Å². The maximum Gasteiger partial charge on any atom is 0.239 e. The minimum atomic E-state index is -0.488. The van der Waals surface area contributed by atoms with Crippen molar-refractivity contribution in [3.05, 3.63) is 0 Å². The lowest BCUT2D eigenvalue weighted by atomic mass is 9.81. The molecule has 0 aliphatic carbocycles. The number of nitrogens with zero attached hydrogens (tertiary/aromatic N) is 1. The Kier molecular flexibility index (Phi) is 6.49. The van der Waals surface area contributed by atoms with E-state index < -0.39 is 5.41 Å². The van der Waals surface area contributed by atoms with Crippen LogP contribution in [0.3, 0.4) is 0 Å². The van der Waals surface area contributed by atoms with E-state index in [1.54, 1.807) is 4.90 Å². The molecular weight excluding hydrogens is 242 g/mol. The summed E-state index contributed by atoms with van der Waals surface area (Å²) in [4.78, 5) is 25.2. The van der Waals surface area contributed by atoms with Crippen LogP contribution in [0, 0.1) is 5.41 Å². The second-order valence-electron chi connectivity index (χ2n) is 4.27. The molecule has 3 N–H and O–H groups in total. The summed E-state index contributed by atoms with van der Waals surface area (Å²) >= 11 is 0. The standard InChI is InChI=1S/C11H21N3O2.ClH/c1-3-11(4-2,8-12)10(16)14-6-5-13-9(15)7-14;/h3-8,12H2,1-2H3,(H,13,15);1H. The van der Waals surface area contributed by atoms with E-state index in [0.29, 0.717) is 19.6 Å². The Hall–Kier alpha value is -0.810. The van der Waals surface area contributed by atoms with Gasteiger partial charge in [0, 0.05) is 19.6 Å². The first kappa shape index (κ1) is 16.2. The number of carbonyl (C=O) groups excluding carboxylic acids is 2. The number of carbonyl (C=O) groups is 2. The lowest BCUT2D eigenvalue weighted by Crippen LogP contribution is -2.55. The quantitative estimate of drug-likeness (QED) is 0.757. The van der Waals surface area contributed by atoms with E-state index in [1.807, 2.05) is 13.8 Å². The van der Waals surface area contributed by atoms with Crippen molar-refractivity contribution < 1.29 is 9.59 Å². The van der Waals surface area contributed by atoms with E-state index >= 15 is 0 Å². The zero-order valence-electron chi connectivity index (χ0n) is 10.5. The number of hydrogen-bond donors (Lipinski definition) is 2. The molecule has 0 aromatic carbocycles. The Bertz CT molecular complexity index is 272. The first-order valence-corrected chi connectivity index (χ1v) is 5.85. The average molecular weight is 264 g/mol. The van der Waals surface area contributed by atoms with E-state index in [9.17, 15) is 9.59 Å². The topological polar surface area (TPSA) is 75.4 Å². The molecule has 5 nitrogen and oxygen atoms in total. The lowest BCUT2D eigenvalue weighted by Gasteiger charge is -2.36. The van der Waals surface area contributed by atoms with Crippen LogP contribution >= 0.6 is 12.4 Å². The van der Waals surface area contributed by atoms with Gasteiger partial charge in [-0.3, -0.25) is 9.59 Å². The van der Waals surface area contributed by atoms with Crippen molar-refractivity contribution in [3.8, 4) is 0 Å². The number of piperazine rings is 1. The summed E-state index contributed by atoms with van der Waals surface area (Å²) in [7, 11) is 0. The van der Waals surface area contributed by atoms with Gasteiger partial charge in [0.05, 0.1) is 12.0 Å². The first-order chi connectivity index (χ1) is 7.59. The van der Waals surface area contributed by atoms with Crippen LogP contribution in [0.4, 0.5) is 0 Å². The van der Waals surface area contributed by atoms with Gasteiger partial charge in [0.25, 0.3) is 0 Å². The first-order valence-electron chi connectivity index (χ1n) is 5.85. The molecule has 0 bridgehead atoms. The molecule has 1 aliphatic heterocycles. The Labute approximate surface area is 109 Å². The second kappa shape index (κ2) is 6.81. The van der Waals surface area contributed by atoms with Crippen molar-refractivity contribution in [3.63, 3.8) is 0 Å². The molecule has 0 atom stereocenters. The monoisotopic (exact) mass is 263 g/mol. The summed E-state index contributed by atoms with van der Waals surface area (Å²) in [6.07, 6.45) is 1.44. The van der Waals surface area contributed by atoms with Crippen LogP contribution in [-0.2, 0) is 9.59 Å². The zero-order valence-corrected chi connectivity index (χ0v) is 11.3. The van der Waals surface area contributed by atoms with Gasteiger partial charge in [-0.15, -0.1) is 12.4 Å². The maximum atomic E-state index is 12.3. The van der Waals surface area contributed by atoms with Crippen LogP contribution in [0.1, 0.15) is 26.7 Å². The summed E-state index contributed by atoms with van der Waals surface area (Å²) in [6.45, 7) is 5.58. The van der Waals surface area contributed by atoms with Gasteiger partial charge >= 0.3 is 0 Å². The molecule has 100 valence electrons. The van der Waals surface area contributed by atoms with Gasteiger partial charge in [-0.2, -0.15) is 0 Å². The highest BCUT2D eigenvalue weighted by Crippen LogP contribution is 2.27. The number of nitrogens with one attached hydrogen (secondary N) is 1. The van der Waals surface area contributed by atoms with Crippen LogP contribution < -0.4 is 11.1 Å². The fourth-order valence-electron chi connectivity index (χ4n) is 2.08. The Morgan fingerprint density at radius 2 is 2.06 bits per heavy atom. The van der Waals surface area contributed by atoms with E-state index in [1.165, 1.54) is 0 Å². The molecule has 0 radical (unpaired) electrons. The minimum Gasteiger partial charge on any atom is -0.353 e. The van der Waals surface area contributed by atoms with Crippen molar-refractivity contribution in [2.45, 2.75) is 26.7 Å². The molecule has 1 rings (SSSR count). The van der Waals surface area contributed by atoms with Crippen molar-refractivity contribution in [1.82, 2.24) is 10.2 Å². The summed E-state index contributed by atoms with van der Waals surface area (Å²) in [5, 5.41) is 2.71. The van der Waals surface area contributed by atoms with Crippen LogP contribution in [0.25, 0.3) is 0 Å². The predicted molar refractivity (Wildman–Crippen MR) is 68.9 cm³/mol. The third-order valence-corrected chi connectivity index (χ3v) is 3.52. The van der Waals surface area contributed by atoms with Crippen LogP contribution in [0.5, 0.6) is 0 Å². The third-order valence-electron chi connectivity index (χ3n) is 3.52. The molecule has 2 amide bonds. The van der Waals surface area contributed by atoms with Gasteiger partial charge in [-0.1, -0.05) is 13.8 Å². The Morgan fingerprint density at radius 1 is 1.47 bits per heavy atom. The van der Waals surface area contributed by atoms with E-state index in [4.69, 9.17) is 5.73 Å². The van der Waals surface area contributed by atoms with Crippen molar-refractivity contribution in [1.29, 1.82) is 0 Å². The van der Waals surface area contributed by atoms with Crippen LogP contribution in [-0.4, -0.2) is 42.9 Å². The highest BCUT2D eigenvalue weighted by atomic mass is 35.5. The van der Waals surface area contributed by atoms with Crippen molar-refractivity contribution >= 4 is 24.2 Å². The highest BCUT2D eigenvalue weighted by Gasteiger charge is 2.38. The van der Waals surface area contributed by atoms with E-state index in [2.05, 4.69) is 5.32 Å². The average Bonchev–Trinajstić information content (AvgIpc) is 2.32. The third kappa shape index (κ3) is 3.33. The molecule has 0 saturated carbocycles. The minimum absolute atomic E-state index is 0. The number of rotatable bonds is 4. The normalized spacial score (nSPS) is 16.2. The molecule has 1 saturated heterocycles. The van der Waals surface area contributed by atoms with Gasteiger partial charge in [0.2, 0.25) is 11.8 Å². The number of hydrogen-bond acceptors (Lipinski definition) is 3. The molecule has 1 heterocycles. The smallest absolute Gasteiger partial charge is 0.239 e. The predicted octanol–water partition coefficient (Wildman–Crippen LogP) is 0.132. The molecule has 1 fully saturated rings. The van der Waals surface area contributed by atoms with Crippen molar-refractivity contribution in [2.75, 3.05) is 26.2 Å². The van der Waals surface area contributed by atoms with Crippen LogP contribution in [0.2, 0.25) is 0 Å².